The number of carbonyl (C=O) groups is 1. The molecule has 3 aromatic rings. The van der Waals surface area contributed by atoms with Gasteiger partial charge in [-0.3, -0.25) is 9.36 Å². The first-order valence-electron chi connectivity index (χ1n) is 8.91. The van der Waals surface area contributed by atoms with E-state index in [-0.39, 0.29) is 5.56 Å². The number of benzene rings is 2. The van der Waals surface area contributed by atoms with Crippen molar-refractivity contribution >= 4 is 16.9 Å². The summed E-state index contributed by atoms with van der Waals surface area (Å²) in [6, 6.07) is 13.2. The van der Waals surface area contributed by atoms with Crippen LogP contribution in [0.25, 0.3) is 10.9 Å². The normalized spacial score (nSPS) is 13.4. The molecule has 27 heavy (non-hydrogen) atoms. The van der Waals surface area contributed by atoms with Crippen LogP contribution in [0, 0.1) is 11.3 Å². The number of rotatable bonds is 2. The number of fused-ring (bicyclic) bond motifs is 2. The lowest BCUT2D eigenvalue weighted by molar-refractivity contribution is 0.0735. The summed E-state index contributed by atoms with van der Waals surface area (Å²) >= 11 is 0. The number of ether oxygens (including phenoxy) is 1. The second kappa shape index (κ2) is 7.04. The van der Waals surface area contributed by atoms with Crippen molar-refractivity contribution in [2.45, 2.75) is 32.2 Å². The van der Waals surface area contributed by atoms with E-state index >= 15 is 0 Å². The van der Waals surface area contributed by atoms with Gasteiger partial charge in [-0.1, -0.05) is 6.42 Å². The Bertz CT molecular complexity index is 1120. The van der Waals surface area contributed by atoms with E-state index in [0.717, 1.165) is 31.5 Å². The maximum atomic E-state index is 12.7. The quantitative estimate of drug-likeness (QED) is 0.518. The molecular formula is C21H17N3O3. The third kappa shape index (κ3) is 3.32. The van der Waals surface area contributed by atoms with E-state index in [0.29, 0.717) is 34.3 Å². The van der Waals surface area contributed by atoms with Crippen LogP contribution in [0.4, 0.5) is 0 Å². The molecule has 6 nitrogen and oxygen atoms in total. The SMILES string of the molecule is N#Cc1ccc(OC(=O)c2ccc3c(=O)n4c(nc3c2)CCCCC4)cc1. The van der Waals surface area contributed by atoms with Crippen molar-refractivity contribution in [2.24, 2.45) is 0 Å². The minimum atomic E-state index is -0.529. The van der Waals surface area contributed by atoms with E-state index in [4.69, 9.17) is 10.00 Å². The average Bonchev–Trinajstić information content (AvgIpc) is 2.94. The fraction of sp³-hybridized carbons (Fsp3) is 0.238. The van der Waals surface area contributed by atoms with Gasteiger partial charge in [-0.15, -0.1) is 0 Å². The van der Waals surface area contributed by atoms with Crippen LogP contribution in [-0.4, -0.2) is 15.5 Å². The van der Waals surface area contributed by atoms with Gasteiger partial charge in [0.05, 0.1) is 28.1 Å². The molecule has 4 rings (SSSR count). The molecule has 0 radical (unpaired) electrons. The zero-order chi connectivity index (χ0) is 18.8. The van der Waals surface area contributed by atoms with Crippen LogP contribution in [0.1, 0.15) is 41.0 Å². The lowest BCUT2D eigenvalue weighted by Crippen LogP contribution is -2.24. The van der Waals surface area contributed by atoms with Gasteiger partial charge in [-0.05, 0) is 55.3 Å². The molecule has 134 valence electrons. The predicted molar refractivity (Wildman–Crippen MR) is 99.7 cm³/mol. The minimum Gasteiger partial charge on any atom is -0.423 e. The topological polar surface area (TPSA) is 85.0 Å². The van der Waals surface area contributed by atoms with Gasteiger partial charge in [-0.2, -0.15) is 5.26 Å². The molecule has 0 amide bonds. The Balaban J connectivity index is 1.67. The summed E-state index contributed by atoms with van der Waals surface area (Å²) in [7, 11) is 0. The summed E-state index contributed by atoms with van der Waals surface area (Å²) < 4.78 is 7.11. The molecule has 1 aliphatic heterocycles. The first kappa shape index (κ1) is 17.0. The fourth-order valence-electron chi connectivity index (χ4n) is 3.31. The average molecular weight is 359 g/mol. The van der Waals surface area contributed by atoms with Gasteiger partial charge in [0, 0.05) is 13.0 Å². The van der Waals surface area contributed by atoms with E-state index in [2.05, 4.69) is 4.98 Å². The Kier molecular flexibility index (Phi) is 4.43. The van der Waals surface area contributed by atoms with Crippen LogP contribution in [0.2, 0.25) is 0 Å². The van der Waals surface area contributed by atoms with Crippen LogP contribution in [0.15, 0.2) is 47.3 Å². The fourth-order valence-corrected chi connectivity index (χ4v) is 3.31. The number of hydrogen-bond donors (Lipinski definition) is 0. The van der Waals surface area contributed by atoms with E-state index in [1.165, 1.54) is 0 Å². The van der Waals surface area contributed by atoms with Gasteiger partial charge >= 0.3 is 5.97 Å². The van der Waals surface area contributed by atoms with Crippen molar-refractivity contribution in [1.82, 2.24) is 9.55 Å². The molecule has 0 aliphatic carbocycles. The Hall–Kier alpha value is -3.46. The highest BCUT2D eigenvalue weighted by molar-refractivity contribution is 5.95. The lowest BCUT2D eigenvalue weighted by atomic mass is 10.1. The van der Waals surface area contributed by atoms with Gasteiger partial charge in [0.15, 0.2) is 0 Å². The van der Waals surface area contributed by atoms with Gasteiger partial charge in [0.1, 0.15) is 11.6 Å². The van der Waals surface area contributed by atoms with Crippen molar-refractivity contribution in [3.63, 3.8) is 0 Å². The van der Waals surface area contributed by atoms with Crippen molar-refractivity contribution in [1.29, 1.82) is 5.26 Å². The van der Waals surface area contributed by atoms with Gasteiger partial charge in [-0.25, -0.2) is 9.78 Å². The van der Waals surface area contributed by atoms with Gasteiger partial charge in [0.25, 0.3) is 5.56 Å². The minimum absolute atomic E-state index is 0.0519. The molecule has 0 fully saturated rings. The van der Waals surface area contributed by atoms with Crippen LogP contribution < -0.4 is 10.3 Å². The van der Waals surface area contributed by atoms with Crippen LogP contribution in [-0.2, 0) is 13.0 Å². The smallest absolute Gasteiger partial charge is 0.343 e. The summed E-state index contributed by atoms with van der Waals surface area (Å²) in [5.74, 6) is 0.607. The number of nitrogens with zero attached hydrogens (tertiary/aromatic N) is 3. The molecule has 1 aliphatic rings. The lowest BCUT2D eigenvalue weighted by Gasteiger charge is -2.11. The first-order chi connectivity index (χ1) is 13.2. The highest BCUT2D eigenvalue weighted by atomic mass is 16.5. The second-order valence-electron chi connectivity index (χ2n) is 6.55. The highest BCUT2D eigenvalue weighted by Crippen LogP contribution is 2.18. The molecule has 0 saturated heterocycles. The summed E-state index contributed by atoms with van der Waals surface area (Å²) in [4.78, 5) is 29.8. The number of hydrogen-bond acceptors (Lipinski definition) is 5. The van der Waals surface area contributed by atoms with Crippen LogP contribution in [0.3, 0.4) is 0 Å². The largest absolute Gasteiger partial charge is 0.423 e. The third-order valence-electron chi connectivity index (χ3n) is 4.75. The number of esters is 1. The van der Waals surface area contributed by atoms with E-state index in [1.807, 2.05) is 6.07 Å². The number of aryl methyl sites for hydroxylation is 1. The zero-order valence-corrected chi connectivity index (χ0v) is 14.6. The van der Waals surface area contributed by atoms with E-state index < -0.39 is 5.97 Å². The molecule has 0 spiro atoms. The van der Waals surface area contributed by atoms with E-state index in [1.54, 1.807) is 47.0 Å². The first-order valence-corrected chi connectivity index (χ1v) is 8.91. The van der Waals surface area contributed by atoms with Crippen molar-refractivity contribution in [2.75, 3.05) is 0 Å². The van der Waals surface area contributed by atoms with Crippen molar-refractivity contribution < 1.29 is 9.53 Å². The standard InChI is InChI=1S/C21H17N3O3/c22-13-14-5-8-16(9-6-14)27-21(26)15-7-10-17-18(12-15)23-19-4-2-1-3-11-24(19)20(17)25/h5-10,12H,1-4,11H2. The number of aromatic nitrogens is 2. The molecule has 6 heteroatoms. The Morgan fingerprint density at radius 3 is 2.70 bits per heavy atom. The molecule has 0 N–H and O–H groups in total. The third-order valence-corrected chi connectivity index (χ3v) is 4.75. The predicted octanol–water partition coefficient (Wildman–Crippen LogP) is 3.21. The molecule has 0 unspecified atom stereocenters. The molecular weight excluding hydrogens is 342 g/mol. The molecule has 0 bridgehead atoms. The monoisotopic (exact) mass is 359 g/mol. The molecule has 2 aromatic carbocycles. The Labute approximate surface area is 155 Å². The highest BCUT2D eigenvalue weighted by Gasteiger charge is 2.16. The zero-order valence-electron chi connectivity index (χ0n) is 14.6. The maximum absolute atomic E-state index is 12.7. The summed E-state index contributed by atoms with van der Waals surface area (Å²) in [5, 5.41) is 9.33. The molecule has 0 atom stereocenters. The summed E-state index contributed by atoms with van der Waals surface area (Å²) in [6.45, 7) is 0.694. The van der Waals surface area contributed by atoms with Crippen molar-refractivity contribution in [3.8, 4) is 11.8 Å². The molecule has 2 heterocycles. The Morgan fingerprint density at radius 2 is 1.93 bits per heavy atom. The van der Waals surface area contributed by atoms with Crippen molar-refractivity contribution in [3.05, 3.63) is 69.8 Å². The van der Waals surface area contributed by atoms with Gasteiger partial charge < -0.3 is 4.74 Å². The second-order valence-corrected chi connectivity index (χ2v) is 6.55. The van der Waals surface area contributed by atoms with Crippen LogP contribution >= 0.6 is 0 Å². The Morgan fingerprint density at radius 1 is 1.11 bits per heavy atom. The van der Waals surface area contributed by atoms with Gasteiger partial charge in [0.2, 0.25) is 0 Å². The molecule has 1 aromatic heterocycles. The number of nitriles is 1. The van der Waals surface area contributed by atoms with E-state index in [9.17, 15) is 9.59 Å². The molecule has 0 saturated carbocycles. The maximum Gasteiger partial charge on any atom is 0.343 e. The summed E-state index contributed by atoms with van der Waals surface area (Å²) in [5.41, 5.74) is 1.29. The summed E-state index contributed by atoms with van der Waals surface area (Å²) in [6.07, 6.45) is 3.85. The number of carbonyl (C=O) groups excluding carboxylic acids is 1. The van der Waals surface area contributed by atoms with Crippen LogP contribution in [0.5, 0.6) is 5.75 Å².